The first-order valence-corrected chi connectivity index (χ1v) is 11.6. The predicted molar refractivity (Wildman–Crippen MR) is 127 cm³/mol. The van der Waals surface area contributed by atoms with Gasteiger partial charge in [0.25, 0.3) is 0 Å². The van der Waals surface area contributed by atoms with Crippen molar-refractivity contribution < 1.29 is 9.53 Å². The zero-order valence-corrected chi connectivity index (χ0v) is 19.7. The summed E-state index contributed by atoms with van der Waals surface area (Å²) in [6.07, 6.45) is 10.3. The fourth-order valence-corrected chi connectivity index (χ4v) is 5.00. The van der Waals surface area contributed by atoms with E-state index < -0.39 is 0 Å². The van der Waals surface area contributed by atoms with Gasteiger partial charge in [-0.25, -0.2) is 9.97 Å². The summed E-state index contributed by atoms with van der Waals surface area (Å²) in [7, 11) is 3.99. The summed E-state index contributed by atoms with van der Waals surface area (Å²) in [4.78, 5) is 29.3. The molecule has 0 aliphatic carbocycles. The number of hydrogen-bond acceptors (Lipinski definition) is 6. The molecular weight excluding hydrogens is 404 g/mol. The van der Waals surface area contributed by atoms with Crippen molar-refractivity contribution in [2.75, 3.05) is 52.3 Å². The number of piperidine rings is 1. The Morgan fingerprint density at radius 2 is 2.12 bits per heavy atom. The zero-order valence-electron chi connectivity index (χ0n) is 19.7. The Morgan fingerprint density at radius 3 is 2.88 bits per heavy atom. The van der Waals surface area contributed by atoms with E-state index >= 15 is 0 Å². The van der Waals surface area contributed by atoms with Crippen molar-refractivity contribution >= 4 is 22.8 Å². The van der Waals surface area contributed by atoms with Crippen molar-refractivity contribution in [2.24, 2.45) is 5.41 Å². The van der Waals surface area contributed by atoms with Crippen molar-refractivity contribution in [1.82, 2.24) is 24.8 Å². The number of carbonyl (C=O) groups is 1. The highest BCUT2D eigenvalue weighted by molar-refractivity contribution is 5.91. The highest BCUT2D eigenvalue weighted by atomic mass is 16.5. The van der Waals surface area contributed by atoms with Crippen LogP contribution in [-0.4, -0.2) is 83.6 Å². The second-order valence-corrected chi connectivity index (χ2v) is 10.2. The van der Waals surface area contributed by atoms with Crippen LogP contribution in [0.4, 0.5) is 5.82 Å². The number of likely N-dealkylation sites (N-methyl/N-ethyl adjacent to an activating group) is 1. The van der Waals surface area contributed by atoms with Crippen LogP contribution in [0.2, 0.25) is 0 Å². The van der Waals surface area contributed by atoms with Crippen molar-refractivity contribution in [3.05, 3.63) is 30.2 Å². The number of hydrogen-bond donors (Lipinski definition) is 2. The number of rotatable bonds is 6. The number of anilines is 1. The molecule has 1 amide bonds. The van der Waals surface area contributed by atoms with Crippen LogP contribution >= 0.6 is 0 Å². The Balaban J connectivity index is 1.54. The number of carbonyl (C=O) groups excluding carboxylic acids is 1. The minimum absolute atomic E-state index is 0.0226. The number of ether oxygens (including phenoxy) is 1. The average molecular weight is 441 g/mol. The molecule has 4 heterocycles. The van der Waals surface area contributed by atoms with Crippen molar-refractivity contribution in [1.29, 1.82) is 0 Å². The highest BCUT2D eigenvalue weighted by Crippen LogP contribution is 2.36. The first kappa shape index (κ1) is 22.7. The maximum absolute atomic E-state index is 12.8. The van der Waals surface area contributed by atoms with E-state index in [-0.39, 0.29) is 17.4 Å². The molecule has 1 unspecified atom stereocenters. The Labute approximate surface area is 190 Å². The molecule has 0 saturated carbocycles. The first-order valence-electron chi connectivity index (χ1n) is 11.6. The predicted octanol–water partition coefficient (Wildman–Crippen LogP) is 3.01. The maximum Gasteiger partial charge on any atom is 0.246 e. The Hall–Kier alpha value is -2.45. The van der Waals surface area contributed by atoms with Crippen LogP contribution in [0.3, 0.4) is 0 Å². The number of aromatic nitrogens is 3. The van der Waals surface area contributed by atoms with Gasteiger partial charge in [-0.15, -0.1) is 0 Å². The second-order valence-electron chi connectivity index (χ2n) is 10.2. The van der Waals surface area contributed by atoms with Crippen LogP contribution in [0.5, 0.6) is 0 Å². The lowest BCUT2D eigenvalue weighted by molar-refractivity contribution is -0.129. The SMILES string of the molecule is CN(C)C/C=C/C(=O)N1CC(Nc2ncnc3[nH]cc(C4CCOCC4)c23)CC(C)(C)C1. The number of nitrogens with zero attached hydrogens (tertiary/aromatic N) is 4. The van der Waals surface area contributed by atoms with E-state index in [4.69, 9.17) is 4.74 Å². The van der Waals surface area contributed by atoms with Gasteiger partial charge in [-0.3, -0.25) is 4.79 Å². The van der Waals surface area contributed by atoms with Gasteiger partial charge in [0, 0.05) is 51.2 Å². The molecule has 174 valence electrons. The molecule has 2 aliphatic heterocycles. The van der Waals surface area contributed by atoms with Crippen molar-refractivity contribution in [2.45, 2.75) is 45.1 Å². The van der Waals surface area contributed by atoms with Gasteiger partial charge in [-0.2, -0.15) is 0 Å². The first-order chi connectivity index (χ1) is 15.3. The molecule has 0 radical (unpaired) electrons. The molecule has 2 aliphatic rings. The normalized spacial score (nSPS) is 22.2. The molecular formula is C24H36N6O2. The molecule has 8 nitrogen and oxygen atoms in total. The monoisotopic (exact) mass is 440 g/mol. The van der Waals surface area contributed by atoms with Crippen LogP contribution in [0.25, 0.3) is 11.0 Å². The highest BCUT2D eigenvalue weighted by Gasteiger charge is 2.35. The zero-order chi connectivity index (χ0) is 22.7. The van der Waals surface area contributed by atoms with E-state index in [9.17, 15) is 4.79 Å². The third-order valence-corrected chi connectivity index (χ3v) is 6.40. The van der Waals surface area contributed by atoms with Crippen LogP contribution in [-0.2, 0) is 9.53 Å². The minimum Gasteiger partial charge on any atom is -0.381 e. The van der Waals surface area contributed by atoms with E-state index in [0.717, 1.165) is 62.4 Å². The molecule has 0 bridgehead atoms. The topological polar surface area (TPSA) is 86.4 Å². The van der Waals surface area contributed by atoms with Crippen LogP contribution in [0.15, 0.2) is 24.7 Å². The number of nitrogens with one attached hydrogen (secondary N) is 2. The molecule has 2 fully saturated rings. The summed E-state index contributed by atoms with van der Waals surface area (Å²) < 4.78 is 5.56. The molecule has 0 spiro atoms. The Kier molecular flexibility index (Phi) is 6.81. The standard InChI is InChI=1S/C24H36N6O2/c1-24(2)12-18(14-30(15-24)20(31)6-5-9-29(3)4)28-23-21-19(17-7-10-32-11-8-17)13-25-22(21)26-16-27-23/h5-6,13,16-18H,7-12,14-15H2,1-4H3,(H2,25,26,27,28)/b6-5+. The van der Waals surface area contributed by atoms with E-state index in [1.54, 1.807) is 12.4 Å². The summed E-state index contributed by atoms with van der Waals surface area (Å²) in [6.45, 7) is 8.22. The summed E-state index contributed by atoms with van der Waals surface area (Å²) in [5, 5.41) is 4.75. The number of H-pyrrole nitrogens is 1. The molecule has 2 N–H and O–H groups in total. The van der Waals surface area contributed by atoms with Gasteiger partial charge in [-0.1, -0.05) is 19.9 Å². The lowest BCUT2D eigenvalue weighted by atomic mass is 9.81. The Bertz CT molecular complexity index is 961. The van der Waals surface area contributed by atoms with Crippen LogP contribution < -0.4 is 5.32 Å². The largest absolute Gasteiger partial charge is 0.381 e. The van der Waals surface area contributed by atoms with Gasteiger partial charge in [0.1, 0.15) is 17.8 Å². The fourth-order valence-electron chi connectivity index (χ4n) is 5.00. The summed E-state index contributed by atoms with van der Waals surface area (Å²) in [6, 6.07) is 0.125. The van der Waals surface area contributed by atoms with Gasteiger partial charge in [-0.05, 0) is 50.3 Å². The minimum atomic E-state index is 0.0226. The fraction of sp³-hybridized carbons (Fsp3) is 0.625. The molecule has 4 rings (SSSR count). The molecule has 0 aromatic carbocycles. The average Bonchev–Trinajstić information content (AvgIpc) is 3.18. The van der Waals surface area contributed by atoms with Gasteiger partial charge < -0.3 is 24.8 Å². The quantitative estimate of drug-likeness (QED) is 0.672. The number of fused-ring (bicyclic) bond motifs is 1. The number of likely N-dealkylation sites (tertiary alicyclic amines) is 1. The number of amides is 1. The van der Waals surface area contributed by atoms with Crippen LogP contribution in [0, 0.1) is 5.41 Å². The van der Waals surface area contributed by atoms with E-state index in [0.29, 0.717) is 12.5 Å². The van der Waals surface area contributed by atoms with Crippen LogP contribution in [0.1, 0.15) is 44.6 Å². The van der Waals surface area contributed by atoms with Crippen molar-refractivity contribution in [3.8, 4) is 0 Å². The van der Waals surface area contributed by atoms with E-state index in [1.807, 2.05) is 30.0 Å². The Morgan fingerprint density at radius 1 is 1.34 bits per heavy atom. The van der Waals surface area contributed by atoms with Gasteiger partial charge in [0.15, 0.2) is 0 Å². The molecule has 2 aromatic heterocycles. The van der Waals surface area contributed by atoms with E-state index in [1.165, 1.54) is 5.56 Å². The second kappa shape index (κ2) is 9.58. The smallest absolute Gasteiger partial charge is 0.246 e. The molecule has 1 atom stereocenters. The third kappa shape index (κ3) is 5.30. The molecule has 8 heteroatoms. The third-order valence-electron chi connectivity index (χ3n) is 6.40. The van der Waals surface area contributed by atoms with E-state index in [2.05, 4.69) is 40.3 Å². The molecule has 32 heavy (non-hydrogen) atoms. The maximum atomic E-state index is 12.8. The van der Waals surface area contributed by atoms with Gasteiger partial charge in [0.2, 0.25) is 5.91 Å². The molecule has 2 aromatic rings. The summed E-state index contributed by atoms with van der Waals surface area (Å²) in [5.74, 6) is 1.38. The lowest BCUT2D eigenvalue weighted by Crippen LogP contribution is -2.51. The van der Waals surface area contributed by atoms with Crippen molar-refractivity contribution in [3.63, 3.8) is 0 Å². The van der Waals surface area contributed by atoms with Gasteiger partial charge >= 0.3 is 0 Å². The summed E-state index contributed by atoms with van der Waals surface area (Å²) >= 11 is 0. The lowest BCUT2D eigenvalue weighted by Gasteiger charge is -2.42. The molecule has 2 saturated heterocycles. The van der Waals surface area contributed by atoms with Gasteiger partial charge in [0.05, 0.1) is 5.39 Å². The summed E-state index contributed by atoms with van der Waals surface area (Å²) in [5.41, 5.74) is 2.15. The number of aromatic amines is 1.